The van der Waals surface area contributed by atoms with E-state index in [1.54, 1.807) is 0 Å². The minimum absolute atomic E-state index is 0.594. The van der Waals surface area contributed by atoms with E-state index in [1.165, 1.54) is 12.8 Å². The Morgan fingerprint density at radius 2 is 2.27 bits per heavy atom. The number of nitrogens with zero attached hydrogens (tertiary/aromatic N) is 2. The van der Waals surface area contributed by atoms with Crippen LogP contribution in [0.25, 0.3) is 0 Å². The van der Waals surface area contributed by atoms with Gasteiger partial charge >= 0.3 is 0 Å². The SMILES string of the molecule is Cc1nn(C)c(CNC(C)C2CC2)c1Cl. The molecule has 2 rings (SSSR count). The number of nitrogens with one attached hydrogen (secondary N) is 1. The van der Waals surface area contributed by atoms with Gasteiger partial charge in [-0.1, -0.05) is 11.6 Å². The summed E-state index contributed by atoms with van der Waals surface area (Å²) in [5.41, 5.74) is 2.00. The monoisotopic (exact) mass is 227 g/mol. The normalized spacial score (nSPS) is 18.1. The quantitative estimate of drug-likeness (QED) is 0.855. The van der Waals surface area contributed by atoms with E-state index in [0.717, 1.165) is 28.9 Å². The molecule has 0 bridgehead atoms. The molecular formula is C11H18ClN3. The molecule has 0 aromatic carbocycles. The van der Waals surface area contributed by atoms with E-state index in [0.29, 0.717) is 6.04 Å². The molecule has 1 heterocycles. The van der Waals surface area contributed by atoms with Gasteiger partial charge in [0, 0.05) is 19.6 Å². The van der Waals surface area contributed by atoms with Crippen molar-refractivity contribution in [3.63, 3.8) is 0 Å². The van der Waals surface area contributed by atoms with E-state index in [-0.39, 0.29) is 0 Å². The van der Waals surface area contributed by atoms with Crippen molar-refractivity contribution >= 4 is 11.6 Å². The maximum absolute atomic E-state index is 6.17. The Kier molecular flexibility index (Phi) is 3.03. The summed E-state index contributed by atoms with van der Waals surface area (Å²) in [4.78, 5) is 0. The first-order valence-corrected chi connectivity index (χ1v) is 5.88. The van der Waals surface area contributed by atoms with E-state index in [2.05, 4.69) is 17.3 Å². The lowest BCUT2D eigenvalue weighted by atomic mass is 10.2. The summed E-state index contributed by atoms with van der Waals surface area (Å²) in [5.74, 6) is 0.873. The van der Waals surface area contributed by atoms with Gasteiger partial charge < -0.3 is 5.32 Å². The van der Waals surface area contributed by atoms with Gasteiger partial charge in [-0.25, -0.2) is 0 Å². The molecule has 1 saturated carbocycles. The van der Waals surface area contributed by atoms with Gasteiger partial charge in [-0.2, -0.15) is 5.10 Å². The first kappa shape index (κ1) is 11.0. The van der Waals surface area contributed by atoms with Crippen LogP contribution in [-0.4, -0.2) is 15.8 Å². The smallest absolute Gasteiger partial charge is 0.0860 e. The summed E-state index contributed by atoms with van der Waals surface area (Å²) in [7, 11) is 1.94. The van der Waals surface area contributed by atoms with Crippen LogP contribution in [0.15, 0.2) is 0 Å². The molecular weight excluding hydrogens is 210 g/mol. The molecule has 1 fully saturated rings. The van der Waals surface area contributed by atoms with Gasteiger partial charge in [0.05, 0.1) is 16.4 Å². The number of aryl methyl sites for hydroxylation is 2. The molecule has 1 atom stereocenters. The number of aromatic nitrogens is 2. The van der Waals surface area contributed by atoms with Crippen LogP contribution in [0, 0.1) is 12.8 Å². The Morgan fingerprint density at radius 1 is 1.60 bits per heavy atom. The van der Waals surface area contributed by atoms with E-state index < -0.39 is 0 Å². The average molecular weight is 228 g/mol. The molecule has 0 saturated heterocycles. The van der Waals surface area contributed by atoms with Gasteiger partial charge in [-0.15, -0.1) is 0 Å². The zero-order valence-electron chi connectivity index (χ0n) is 9.55. The fourth-order valence-electron chi connectivity index (χ4n) is 1.89. The third kappa shape index (κ3) is 2.34. The van der Waals surface area contributed by atoms with Crippen LogP contribution in [0.5, 0.6) is 0 Å². The van der Waals surface area contributed by atoms with Crippen molar-refractivity contribution in [3.8, 4) is 0 Å². The number of halogens is 1. The minimum Gasteiger partial charge on any atom is -0.308 e. The molecule has 1 unspecified atom stereocenters. The Balaban J connectivity index is 1.97. The van der Waals surface area contributed by atoms with E-state index in [9.17, 15) is 0 Å². The summed E-state index contributed by atoms with van der Waals surface area (Å²) in [6.45, 7) is 5.00. The van der Waals surface area contributed by atoms with Crippen molar-refractivity contribution in [1.82, 2.24) is 15.1 Å². The molecule has 1 aliphatic rings. The summed E-state index contributed by atoms with van der Waals surface area (Å²) in [6.07, 6.45) is 2.73. The predicted octanol–water partition coefficient (Wildman–Crippen LogP) is 2.27. The standard InChI is InChI=1S/C11H18ClN3/c1-7(9-4-5-9)13-6-10-11(12)8(2)14-15(10)3/h7,9,13H,4-6H2,1-3H3. The van der Waals surface area contributed by atoms with Gasteiger partial charge in [0.15, 0.2) is 0 Å². The lowest BCUT2D eigenvalue weighted by Gasteiger charge is -2.12. The van der Waals surface area contributed by atoms with Gasteiger partial charge in [0.2, 0.25) is 0 Å². The summed E-state index contributed by atoms with van der Waals surface area (Å²) < 4.78 is 1.87. The zero-order chi connectivity index (χ0) is 11.0. The molecule has 3 nitrogen and oxygen atoms in total. The number of hydrogen-bond donors (Lipinski definition) is 1. The summed E-state index contributed by atoms with van der Waals surface area (Å²) in [6, 6.07) is 0.594. The van der Waals surface area contributed by atoms with Gasteiger partial charge in [-0.05, 0) is 32.6 Å². The lowest BCUT2D eigenvalue weighted by molar-refractivity contribution is 0.483. The van der Waals surface area contributed by atoms with Gasteiger partial charge in [0.25, 0.3) is 0 Å². The van der Waals surface area contributed by atoms with Crippen LogP contribution in [0.1, 0.15) is 31.2 Å². The molecule has 4 heteroatoms. The molecule has 1 aromatic rings. The summed E-state index contributed by atoms with van der Waals surface area (Å²) >= 11 is 6.17. The maximum atomic E-state index is 6.17. The molecule has 0 amide bonds. The fourth-order valence-corrected chi connectivity index (χ4v) is 2.12. The molecule has 84 valence electrons. The maximum Gasteiger partial charge on any atom is 0.0860 e. The summed E-state index contributed by atoms with van der Waals surface area (Å²) in [5, 5.41) is 8.60. The third-order valence-electron chi connectivity index (χ3n) is 3.18. The van der Waals surface area contributed by atoms with Crippen LogP contribution in [0.2, 0.25) is 5.02 Å². The highest BCUT2D eigenvalue weighted by molar-refractivity contribution is 6.31. The van der Waals surface area contributed by atoms with Crippen LogP contribution >= 0.6 is 11.6 Å². The van der Waals surface area contributed by atoms with Crippen molar-refractivity contribution in [2.45, 2.75) is 39.3 Å². The second-order valence-electron chi connectivity index (χ2n) is 4.48. The Labute approximate surface area is 95.8 Å². The molecule has 15 heavy (non-hydrogen) atoms. The second kappa shape index (κ2) is 4.14. The highest BCUT2D eigenvalue weighted by Gasteiger charge is 2.27. The van der Waals surface area contributed by atoms with Crippen molar-refractivity contribution in [2.75, 3.05) is 0 Å². The largest absolute Gasteiger partial charge is 0.308 e. The Morgan fingerprint density at radius 3 is 2.73 bits per heavy atom. The lowest BCUT2D eigenvalue weighted by Crippen LogP contribution is -2.28. The van der Waals surface area contributed by atoms with Crippen LogP contribution < -0.4 is 5.32 Å². The second-order valence-corrected chi connectivity index (χ2v) is 4.85. The predicted molar refractivity (Wildman–Crippen MR) is 62.0 cm³/mol. The van der Waals surface area contributed by atoms with Gasteiger partial charge in [0.1, 0.15) is 0 Å². The van der Waals surface area contributed by atoms with Crippen LogP contribution in [0.4, 0.5) is 0 Å². The zero-order valence-corrected chi connectivity index (χ0v) is 10.3. The van der Waals surface area contributed by atoms with Gasteiger partial charge in [-0.3, -0.25) is 4.68 Å². The van der Waals surface area contributed by atoms with Crippen molar-refractivity contribution in [1.29, 1.82) is 0 Å². The van der Waals surface area contributed by atoms with Crippen molar-refractivity contribution in [2.24, 2.45) is 13.0 Å². The Hall–Kier alpha value is -0.540. The average Bonchev–Trinajstić information content (AvgIpc) is 2.96. The first-order valence-electron chi connectivity index (χ1n) is 5.51. The number of rotatable bonds is 4. The van der Waals surface area contributed by atoms with Crippen LogP contribution in [-0.2, 0) is 13.6 Å². The van der Waals surface area contributed by atoms with Crippen molar-refractivity contribution < 1.29 is 0 Å². The van der Waals surface area contributed by atoms with E-state index in [1.807, 2.05) is 18.7 Å². The third-order valence-corrected chi connectivity index (χ3v) is 3.67. The first-order chi connectivity index (χ1) is 7.09. The van der Waals surface area contributed by atoms with E-state index in [4.69, 9.17) is 11.6 Å². The molecule has 1 aliphatic carbocycles. The van der Waals surface area contributed by atoms with Crippen LogP contribution in [0.3, 0.4) is 0 Å². The fraction of sp³-hybridized carbons (Fsp3) is 0.727. The highest BCUT2D eigenvalue weighted by Crippen LogP contribution is 2.32. The minimum atomic E-state index is 0.594. The number of hydrogen-bond acceptors (Lipinski definition) is 2. The van der Waals surface area contributed by atoms with Crippen molar-refractivity contribution in [3.05, 3.63) is 16.4 Å². The topological polar surface area (TPSA) is 29.9 Å². The molecule has 1 N–H and O–H groups in total. The molecule has 0 aliphatic heterocycles. The molecule has 0 spiro atoms. The Bertz CT molecular complexity index is 355. The highest BCUT2D eigenvalue weighted by atomic mass is 35.5. The van der Waals surface area contributed by atoms with E-state index >= 15 is 0 Å². The molecule has 0 radical (unpaired) electrons. The molecule has 1 aromatic heterocycles.